The van der Waals surface area contributed by atoms with E-state index in [1.54, 1.807) is 0 Å². The fourth-order valence-corrected chi connectivity index (χ4v) is 2.07. The molecule has 1 N–H and O–H groups in total. The molecule has 0 saturated carbocycles. The van der Waals surface area contributed by atoms with Gasteiger partial charge in [0.1, 0.15) is 6.73 Å². The van der Waals surface area contributed by atoms with E-state index in [4.69, 9.17) is 5.11 Å². The summed E-state index contributed by atoms with van der Waals surface area (Å²) >= 11 is 0. The van der Waals surface area contributed by atoms with Crippen LogP contribution in [0.25, 0.3) is 0 Å². The van der Waals surface area contributed by atoms with Crippen molar-refractivity contribution in [2.75, 3.05) is 19.8 Å². The number of amides is 2. The molecule has 0 aromatic heterocycles. The van der Waals surface area contributed by atoms with Crippen LogP contribution in [0.2, 0.25) is 0 Å². The van der Waals surface area contributed by atoms with Crippen molar-refractivity contribution in [2.24, 2.45) is 0 Å². The average molecular weight is 170 g/mol. The van der Waals surface area contributed by atoms with Crippen LogP contribution in [0.4, 0.5) is 4.79 Å². The number of aliphatic hydroxyl groups excluding tert-OH is 1. The third-order valence-electron chi connectivity index (χ3n) is 2.75. The standard InChI is InChI=1S/C8H14N2O2/c11-6-9-5-7-3-1-2-4-10(7)8(9)12/h7,11H,1-6H2. The Kier molecular flexibility index (Phi) is 1.92. The normalized spacial score (nSPS) is 29.4. The van der Waals surface area contributed by atoms with E-state index >= 15 is 0 Å². The summed E-state index contributed by atoms with van der Waals surface area (Å²) in [5.41, 5.74) is 0. The minimum atomic E-state index is -0.133. The van der Waals surface area contributed by atoms with Crippen LogP contribution in [0.1, 0.15) is 19.3 Å². The number of aliphatic hydroxyl groups is 1. The number of hydrogen-bond acceptors (Lipinski definition) is 2. The molecule has 0 bridgehead atoms. The zero-order valence-electron chi connectivity index (χ0n) is 7.07. The van der Waals surface area contributed by atoms with Gasteiger partial charge in [-0.15, -0.1) is 0 Å². The highest BCUT2D eigenvalue weighted by atomic mass is 16.3. The molecule has 68 valence electrons. The number of urea groups is 1. The lowest BCUT2D eigenvalue weighted by atomic mass is 10.0. The number of carbonyl (C=O) groups excluding carboxylic acids is 1. The number of hydrogen-bond donors (Lipinski definition) is 1. The molecule has 2 saturated heterocycles. The molecule has 2 aliphatic rings. The monoisotopic (exact) mass is 170 g/mol. The van der Waals surface area contributed by atoms with Crippen molar-refractivity contribution in [1.82, 2.24) is 9.80 Å². The Morgan fingerprint density at radius 2 is 2.33 bits per heavy atom. The quantitative estimate of drug-likeness (QED) is 0.612. The molecule has 0 aliphatic carbocycles. The Morgan fingerprint density at radius 3 is 3.00 bits per heavy atom. The molecule has 0 radical (unpaired) electrons. The van der Waals surface area contributed by atoms with Gasteiger partial charge >= 0.3 is 6.03 Å². The van der Waals surface area contributed by atoms with Crippen molar-refractivity contribution in [3.05, 3.63) is 0 Å². The van der Waals surface area contributed by atoms with Gasteiger partial charge in [0, 0.05) is 13.1 Å². The Balaban J connectivity index is 2.08. The van der Waals surface area contributed by atoms with E-state index in [0.29, 0.717) is 6.04 Å². The molecule has 0 aromatic rings. The topological polar surface area (TPSA) is 43.8 Å². The van der Waals surface area contributed by atoms with Crippen molar-refractivity contribution in [1.29, 1.82) is 0 Å². The molecule has 2 rings (SSSR count). The van der Waals surface area contributed by atoms with E-state index in [9.17, 15) is 4.79 Å². The van der Waals surface area contributed by atoms with Crippen molar-refractivity contribution < 1.29 is 9.90 Å². The fourth-order valence-electron chi connectivity index (χ4n) is 2.07. The van der Waals surface area contributed by atoms with Crippen LogP contribution in [0, 0.1) is 0 Å². The highest BCUT2D eigenvalue weighted by Gasteiger charge is 2.37. The van der Waals surface area contributed by atoms with Crippen molar-refractivity contribution >= 4 is 6.03 Å². The molecule has 2 heterocycles. The Morgan fingerprint density at radius 1 is 1.50 bits per heavy atom. The predicted molar refractivity (Wildman–Crippen MR) is 43.5 cm³/mol. The number of nitrogens with zero attached hydrogens (tertiary/aromatic N) is 2. The first-order valence-electron chi connectivity index (χ1n) is 4.49. The van der Waals surface area contributed by atoms with Crippen LogP contribution in [0.3, 0.4) is 0 Å². The van der Waals surface area contributed by atoms with Crippen LogP contribution in [-0.2, 0) is 0 Å². The van der Waals surface area contributed by atoms with Gasteiger partial charge in [0.25, 0.3) is 0 Å². The molecular formula is C8H14N2O2. The minimum absolute atomic E-state index is 0.0159. The lowest BCUT2D eigenvalue weighted by molar-refractivity contribution is 0.133. The summed E-state index contributed by atoms with van der Waals surface area (Å²) in [6.45, 7) is 1.46. The first-order chi connectivity index (χ1) is 5.83. The van der Waals surface area contributed by atoms with Gasteiger partial charge in [-0.05, 0) is 19.3 Å². The van der Waals surface area contributed by atoms with Crippen molar-refractivity contribution in [2.45, 2.75) is 25.3 Å². The van der Waals surface area contributed by atoms with Crippen LogP contribution >= 0.6 is 0 Å². The zero-order valence-corrected chi connectivity index (χ0v) is 7.07. The number of piperidine rings is 1. The van der Waals surface area contributed by atoms with Crippen LogP contribution < -0.4 is 0 Å². The summed E-state index contributed by atoms with van der Waals surface area (Å²) in [6.07, 6.45) is 3.43. The summed E-state index contributed by atoms with van der Waals surface area (Å²) in [5, 5.41) is 8.86. The Hall–Kier alpha value is -0.770. The maximum Gasteiger partial charge on any atom is 0.322 e. The van der Waals surface area contributed by atoms with E-state index in [1.165, 1.54) is 11.3 Å². The first-order valence-corrected chi connectivity index (χ1v) is 4.49. The molecule has 0 aromatic carbocycles. The molecule has 1 atom stereocenters. The van der Waals surface area contributed by atoms with Gasteiger partial charge in [0.05, 0.1) is 6.04 Å². The van der Waals surface area contributed by atoms with Crippen LogP contribution in [0.15, 0.2) is 0 Å². The van der Waals surface area contributed by atoms with E-state index in [-0.39, 0.29) is 12.8 Å². The molecule has 0 spiro atoms. The second-order valence-electron chi connectivity index (χ2n) is 3.49. The number of fused-ring (bicyclic) bond motifs is 1. The largest absolute Gasteiger partial charge is 0.376 e. The number of carbonyl (C=O) groups is 1. The van der Waals surface area contributed by atoms with E-state index in [0.717, 1.165) is 25.9 Å². The van der Waals surface area contributed by atoms with Gasteiger partial charge in [-0.3, -0.25) is 4.90 Å². The fraction of sp³-hybridized carbons (Fsp3) is 0.875. The highest BCUT2D eigenvalue weighted by Crippen LogP contribution is 2.24. The molecular weight excluding hydrogens is 156 g/mol. The van der Waals surface area contributed by atoms with E-state index in [2.05, 4.69) is 0 Å². The number of rotatable bonds is 1. The molecule has 2 amide bonds. The van der Waals surface area contributed by atoms with Crippen LogP contribution in [0.5, 0.6) is 0 Å². The Labute approximate surface area is 71.8 Å². The summed E-state index contributed by atoms with van der Waals surface area (Å²) in [5.74, 6) is 0. The SMILES string of the molecule is O=C1N(CO)CC2CCCCN12. The minimum Gasteiger partial charge on any atom is -0.376 e. The summed E-state index contributed by atoms with van der Waals surface area (Å²) in [4.78, 5) is 14.9. The van der Waals surface area contributed by atoms with Gasteiger partial charge in [-0.25, -0.2) is 4.79 Å². The highest BCUT2D eigenvalue weighted by molar-refractivity contribution is 5.77. The van der Waals surface area contributed by atoms with Gasteiger partial charge in [-0.1, -0.05) is 0 Å². The lowest BCUT2D eigenvalue weighted by Gasteiger charge is -2.27. The first kappa shape index (κ1) is 7.86. The summed E-state index contributed by atoms with van der Waals surface area (Å²) in [7, 11) is 0. The van der Waals surface area contributed by atoms with Crippen molar-refractivity contribution in [3.63, 3.8) is 0 Å². The van der Waals surface area contributed by atoms with E-state index in [1.807, 2.05) is 4.90 Å². The Bertz CT molecular complexity index is 195. The molecule has 4 heteroatoms. The molecule has 12 heavy (non-hydrogen) atoms. The van der Waals surface area contributed by atoms with Gasteiger partial charge in [-0.2, -0.15) is 0 Å². The second-order valence-corrected chi connectivity index (χ2v) is 3.49. The van der Waals surface area contributed by atoms with Gasteiger partial charge in [0.2, 0.25) is 0 Å². The summed E-state index contributed by atoms with van der Waals surface area (Å²) in [6, 6.07) is 0.389. The lowest BCUT2D eigenvalue weighted by Crippen LogP contribution is -2.38. The predicted octanol–water partition coefficient (Wildman–Crippen LogP) is 0.226. The second kappa shape index (κ2) is 2.94. The molecule has 2 fully saturated rings. The smallest absolute Gasteiger partial charge is 0.322 e. The third-order valence-corrected chi connectivity index (χ3v) is 2.75. The van der Waals surface area contributed by atoms with Gasteiger partial charge in [0.15, 0.2) is 0 Å². The molecule has 1 unspecified atom stereocenters. The zero-order chi connectivity index (χ0) is 8.55. The van der Waals surface area contributed by atoms with Crippen molar-refractivity contribution in [3.8, 4) is 0 Å². The molecule has 4 nitrogen and oxygen atoms in total. The molecule has 2 aliphatic heterocycles. The van der Waals surface area contributed by atoms with E-state index < -0.39 is 0 Å². The third kappa shape index (κ3) is 1.06. The average Bonchev–Trinajstić information content (AvgIpc) is 2.44. The maximum atomic E-state index is 11.5. The van der Waals surface area contributed by atoms with Crippen LogP contribution in [-0.4, -0.2) is 46.8 Å². The summed E-state index contributed by atoms with van der Waals surface area (Å²) < 4.78 is 0. The van der Waals surface area contributed by atoms with Gasteiger partial charge < -0.3 is 10.0 Å². The maximum absolute atomic E-state index is 11.5.